The van der Waals surface area contributed by atoms with Gasteiger partial charge in [-0.1, -0.05) is 60.7 Å². The molecule has 0 aliphatic carbocycles. The van der Waals surface area contributed by atoms with Crippen molar-refractivity contribution in [3.05, 3.63) is 71.8 Å². The van der Waals surface area contributed by atoms with Gasteiger partial charge in [0.2, 0.25) is 11.8 Å². The van der Waals surface area contributed by atoms with Crippen molar-refractivity contribution in [2.45, 2.75) is 31.0 Å². The van der Waals surface area contributed by atoms with E-state index in [1.807, 2.05) is 53.4 Å². The lowest BCUT2D eigenvalue weighted by Crippen LogP contribution is -2.47. The van der Waals surface area contributed by atoms with Crippen LogP contribution in [0.4, 0.5) is 0 Å². The second kappa shape index (κ2) is 7.90. The Kier molecular flexibility index (Phi) is 5.18. The molecule has 27 heavy (non-hydrogen) atoms. The number of carbonyl (C=O) groups excluding carboxylic acids is 2. The minimum Gasteiger partial charge on any atom is -0.354 e. The van der Waals surface area contributed by atoms with Crippen LogP contribution in [-0.4, -0.2) is 35.8 Å². The lowest BCUT2D eigenvalue weighted by Gasteiger charge is -2.31. The molecular weight excluding hydrogens is 340 g/mol. The summed E-state index contributed by atoms with van der Waals surface area (Å²) in [6, 6.07) is 19.5. The van der Waals surface area contributed by atoms with Crippen LogP contribution in [0.1, 0.15) is 36.1 Å². The van der Waals surface area contributed by atoms with Crippen molar-refractivity contribution < 1.29 is 9.59 Å². The molecular formula is C21H24N4O2. The summed E-state index contributed by atoms with van der Waals surface area (Å²) in [6.45, 7) is 0.995. The highest BCUT2D eigenvalue weighted by molar-refractivity contribution is 5.85. The fourth-order valence-electron chi connectivity index (χ4n) is 3.89. The van der Waals surface area contributed by atoms with Crippen LogP contribution in [0, 0.1) is 0 Å². The van der Waals surface area contributed by atoms with E-state index in [9.17, 15) is 9.59 Å². The first-order chi connectivity index (χ1) is 13.2. The third-order valence-corrected chi connectivity index (χ3v) is 5.30. The Morgan fingerprint density at radius 3 is 2.30 bits per heavy atom. The highest BCUT2D eigenvalue weighted by atomic mass is 16.2. The Morgan fingerprint density at radius 1 is 0.926 bits per heavy atom. The molecule has 2 heterocycles. The molecule has 2 aromatic rings. The van der Waals surface area contributed by atoms with Crippen LogP contribution in [-0.2, 0) is 9.59 Å². The molecule has 140 valence electrons. The largest absolute Gasteiger partial charge is 0.354 e. The molecule has 6 nitrogen and oxygen atoms in total. The van der Waals surface area contributed by atoms with Crippen LogP contribution in [0.25, 0.3) is 0 Å². The first-order valence-corrected chi connectivity index (χ1v) is 9.40. The molecule has 2 saturated heterocycles. The van der Waals surface area contributed by atoms with Gasteiger partial charge in [0.05, 0.1) is 12.5 Å². The Labute approximate surface area is 158 Å². The Bertz CT molecular complexity index is 796. The van der Waals surface area contributed by atoms with Gasteiger partial charge in [0.15, 0.2) is 0 Å². The third-order valence-electron chi connectivity index (χ3n) is 5.30. The summed E-state index contributed by atoms with van der Waals surface area (Å²) in [5.41, 5.74) is 8.56. The summed E-state index contributed by atoms with van der Waals surface area (Å²) in [5.74, 6) is 0.0186. The second-order valence-corrected chi connectivity index (χ2v) is 7.05. The lowest BCUT2D eigenvalue weighted by molar-refractivity contribution is -0.135. The molecule has 4 rings (SSSR count). The summed E-state index contributed by atoms with van der Waals surface area (Å²) in [5, 5.41) is 2.89. The number of carbonyl (C=O) groups is 2. The standard InChI is InChI=1S/C21H24N4O2/c26-20-14-19(16-9-5-2-6-10-16)25(12-11-22-20)21(27)18-13-17(23-24-18)15-7-3-1-4-8-15/h1-10,17-19,23-24H,11-14H2,(H,22,26). The molecule has 3 N–H and O–H groups in total. The van der Waals surface area contributed by atoms with E-state index < -0.39 is 0 Å². The summed E-state index contributed by atoms with van der Waals surface area (Å²) < 4.78 is 0. The fourth-order valence-corrected chi connectivity index (χ4v) is 3.89. The molecule has 2 aliphatic rings. The van der Waals surface area contributed by atoms with Crippen LogP contribution < -0.4 is 16.2 Å². The fraction of sp³-hybridized carbons (Fsp3) is 0.333. The zero-order chi connectivity index (χ0) is 18.6. The first kappa shape index (κ1) is 17.7. The van der Waals surface area contributed by atoms with Gasteiger partial charge in [0.25, 0.3) is 0 Å². The number of rotatable bonds is 3. The summed E-state index contributed by atoms with van der Waals surface area (Å²) >= 11 is 0. The number of hydrogen-bond acceptors (Lipinski definition) is 4. The van der Waals surface area contributed by atoms with Crippen molar-refractivity contribution in [1.82, 2.24) is 21.1 Å². The minimum atomic E-state index is -0.311. The molecule has 0 radical (unpaired) electrons. The maximum Gasteiger partial charge on any atom is 0.241 e. The van der Waals surface area contributed by atoms with Gasteiger partial charge >= 0.3 is 0 Å². The van der Waals surface area contributed by atoms with E-state index in [4.69, 9.17) is 0 Å². The Hall–Kier alpha value is -2.70. The summed E-state index contributed by atoms with van der Waals surface area (Å²) in [7, 11) is 0. The molecule has 0 bridgehead atoms. The minimum absolute atomic E-state index is 0.0150. The third kappa shape index (κ3) is 3.86. The zero-order valence-corrected chi connectivity index (χ0v) is 15.1. The Morgan fingerprint density at radius 2 is 1.59 bits per heavy atom. The predicted molar refractivity (Wildman–Crippen MR) is 102 cm³/mol. The first-order valence-electron chi connectivity index (χ1n) is 9.40. The van der Waals surface area contributed by atoms with Crippen molar-refractivity contribution in [2.75, 3.05) is 13.1 Å². The molecule has 3 unspecified atom stereocenters. The van der Waals surface area contributed by atoms with Crippen LogP contribution in [0.5, 0.6) is 0 Å². The van der Waals surface area contributed by atoms with Crippen LogP contribution >= 0.6 is 0 Å². The summed E-state index contributed by atoms with van der Waals surface area (Å²) in [4.78, 5) is 27.3. The highest BCUT2D eigenvalue weighted by Gasteiger charge is 2.37. The molecule has 6 heteroatoms. The van der Waals surface area contributed by atoms with Crippen molar-refractivity contribution in [2.24, 2.45) is 0 Å². The smallest absolute Gasteiger partial charge is 0.241 e. The Balaban J connectivity index is 1.53. The van der Waals surface area contributed by atoms with E-state index >= 15 is 0 Å². The van der Waals surface area contributed by atoms with Crippen molar-refractivity contribution in [1.29, 1.82) is 0 Å². The topological polar surface area (TPSA) is 73.5 Å². The second-order valence-electron chi connectivity index (χ2n) is 7.05. The molecule has 2 fully saturated rings. The van der Waals surface area contributed by atoms with Gasteiger partial charge in [0, 0.05) is 19.1 Å². The van der Waals surface area contributed by atoms with E-state index in [0.29, 0.717) is 19.5 Å². The van der Waals surface area contributed by atoms with Crippen LogP contribution in [0.15, 0.2) is 60.7 Å². The molecule has 0 aromatic heterocycles. The van der Waals surface area contributed by atoms with Gasteiger partial charge < -0.3 is 10.2 Å². The molecule has 2 amide bonds. The molecule has 3 atom stereocenters. The van der Waals surface area contributed by atoms with Gasteiger partial charge in [-0.3, -0.25) is 9.59 Å². The van der Waals surface area contributed by atoms with Crippen molar-refractivity contribution in [3.63, 3.8) is 0 Å². The van der Waals surface area contributed by atoms with Gasteiger partial charge in [-0.05, 0) is 17.5 Å². The number of hydrazine groups is 1. The molecule has 2 aliphatic heterocycles. The van der Waals surface area contributed by atoms with Crippen LogP contribution in [0.3, 0.4) is 0 Å². The molecule has 2 aromatic carbocycles. The number of benzene rings is 2. The van der Waals surface area contributed by atoms with E-state index in [1.165, 1.54) is 0 Å². The van der Waals surface area contributed by atoms with Crippen molar-refractivity contribution >= 4 is 11.8 Å². The van der Waals surface area contributed by atoms with Crippen molar-refractivity contribution in [3.8, 4) is 0 Å². The molecule has 0 saturated carbocycles. The van der Waals surface area contributed by atoms with E-state index in [0.717, 1.165) is 11.1 Å². The average molecular weight is 364 g/mol. The van der Waals surface area contributed by atoms with Crippen LogP contribution in [0.2, 0.25) is 0 Å². The number of nitrogens with one attached hydrogen (secondary N) is 3. The highest BCUT2D eigenvalue weighted by Crippen LogP contribution is 2.29. The quantitative estimate of drug-likeness (QED) is 0.775. The predicted octanol–water partition coefficient (Wildman–Crippen LogP) is 1.68. The van der Waals surface area contributed by atoms with Gasteiger partial charge in [-0.25, -0.2) is 10.9 Å². The SMILES string of the molecule is O=C1CC(c2ccccc2)N(C(=O)C2CC(c3ccccc3)NN2)CCN1. The maximum atomic E-state index is 13.3. The van der Waals surface area contributed by atoms with E-state index in [-0.39, 0.29) is 36.4 Å². The number of amides is 2. The maximum absolute atomic E-state index is 13.3. The summed E-state index contributed by atoms with van der Waals surface area (Å²) in [6.07, 6.45) is 0.972. The van der Waals surface area contributed by atoms with Gasteiger partial charge in [-0.2, -0.15) is 0 Å². The lowest BCUT2D eigenvalue weighted by atomic mass is 9.98. The van der Waals surface area contributed by atoms with E-state index in [1.54, 1.807) is 0 Å². The number of nitrogens with zero attached hydrogens (tertiary/aromatic N) is 1. The van der Waals surface area contributed by atoms with E-state index in [2.05, 4.69) is 28.3 Å². The number of hydrogen-bond donors (Lipinski definition) is 3. The molecule has 0 spiro atoms. The normalized spacial score (nSPS) is 25.7. The zero-order valence-electron chi connectivity index (χ0n) is 15.1. The monoisotopic (exact) mass is 364 g/mol. The average Bonchev–Trinajstić information content (AvgIpc) is 3.13. The van der Waals surface area contributed by atoms with Gasteiger partial charge in [0.1, 0.15) is 6.04 Å². The van der Waals surface area contributed by atoms with Gasteiger partial charge in [-0.15, -0.1) is 0 Å².